The van der Waals surface area contributed by atoms with E-state index in [4.69, 9.17) is 4.84 Å². The van der Waals surface area contributed by atoms with Crippen LogP contribution in [0.2, 0.25) is 0 Å². The Hall–Kier alpha value is -2.90. The molecule has 1 fully saturated rings. The Morgan fingerprint density at radius 1 is 1.14 bits per heavy atom. The van der Waals surface area contributed by atoms with Gasteiger partial charge in [-0.05, 0) is 42.7 Å². The first-order valence-corrected chi connectivity index (χ1v) is 9.49. The summed E-state index contributed by atoms with van der Waals surface area (Å²) in [6.07, 6.45) is -0.771. The zero-order chi connectivity index (χ0) is 20.4. The first-order valence-electron chi connectivity index (χ1n) is 9.49. The van der Waals surface area contributed by atoms with E-state index in [1.807, 2.05) is 18.2 Å². The number of amides is 1. The van der Waals surface area contributed by atoms with Crippen molar-refractivity contribution in [2.24, 2.45) is 11.1 Å². The molecule has 152 valence electrons. The molecule has 1 aliphatic carbocycles. The van der Waals surface area contributed by atoms with Crippen LogP contribution in [0.4, 0.5) is 13.2 Å². The molecule has 0 N–H and O–H groups in total. The van der Waals surface area contributed by atoms with E-state index in [1.165, 1.54) is 12.1 Å². The van der Waals surface area contributed by atoms with Gasteiger partial charge in [0.25, 0.3) is 0 Å². The third-order valence-electron chi connectivity index (χ3n) is 5.01. The van der Waals surface area contributed by atoms with Gasteiger partial charge in [0.05, 0.1) is 17.8 Å². The second-order valence-corrected chi connectivity index (χ2v) is 7.37. The first-order chi connectivity index (χ1) is 13.9. The molecule has 2 aromatic rings. The third-order valence-corrected chi connectivity index (χ3v) is 5.01. The van der Waals surface area contributed by atoms with E-state index in [1.54, 1.807) is 11.1 Å². The zero-order valence-corrected chi connectivity index (χ0v) is 15.6. The highest BCUT2D eigenvalue weighted by Crippen LogP contribution is 2.33. The first kappa shape index (κ1) is 19.4. The summed E-state index contributed by atoms with van der Waals surface area (Å²) in [5.74, 6) is 0.0156. The topological polar surface area (TPSA) is 54.8 Å². The average molecular weight is 403 g/mol. The van der Waals surface area contributed by atoms with Crippen LogP contribution >= 0.6 is 0 Å². The predicted octanol–water partition coefficient (Wildman–Crippen LogP) is 4.03. The number of nitrogens with zero attached hydrogens (tertiary/aromatic N) is 3. The van der Waals surface area contributed by atoms with Crippen molar-refractivity contribution >= 4 is 11.6 Å². The normalized spacial score (nSPS) is 18.9. The van der Waals surface area contributed by atoms with Gasteiger partial charge in [-0.2, -0.15) is 13.2 Å². The lowest BCUT2D eigenvalue weighted by Gasteiger charge is -2.25. The van der Waals surface area contributed by atoms with Crippen molar-refractivity contribution in [1.82, 2.24) is 9.88 Å². The molecular formula is C21H20F3N3O2. The lowest BCUT2D eigenvalue weighted by Crippen LogP contribution is -2.38. The standard InChI is InChI=1S/C21H20F3N3O2/c22-21(23,24)16-8-4-14(5-9-16)12-27(20(28)15-6-7-15)13-17-11-19(26-29-17)18-3-1-2-10-25-18/h1-5,8-10,15,17H,6-7,11-13H2. The van der Waals surface area contributed by atoms with Crippen LogP contribution in [-0.2, 0) is 22.4 Å². The summed E-state index contributed by atoms with van der Waals surface area (Å²) in [7, 11) is 0. The molecule has 1 atom stereocenters. The van der Waals surface area contributed by atoms with Gasteiger partial charge in [-0.1, -0.05) is 23.4 Å². The van der Waals surface area contributed by atoms with Crippen molar-refractivity contribution in [3.05, 3.63) is 65.5 Å². The maximum absolute atomic E-state index is 12.8. The van der Waals surface area contributed by atoms with Gasteiger partial charge >= 0.3 is 6.18 Å². The van der Waals surface area contributed by atoms with Gasteiger partial charge in [0, 0.05) is 25.1 Å². The quantitative estimate of drug-likeness (QED) is 0.732. The molecule has 1 aliphatic heterocycles. The zero-order valence-electron chi connectivity index (χ0n) is 15.6. The Morgan fingerprint density at radius 2 is 1.90 bits per heavy atom. The van der Waals surface area contributed by atoms with Crippen molar-refractivity contribution in [3.63, 3.8) is 0 Å². The van der Waals surface area contributed by atoms with Gasteiger partial charge in [-0.15, -0.1) is 0 Å². The number of benzene rings is 1. The summed E-state index contributed by atoms with van der Waals surface area (Å²) >= 11 is 0. The van der Waals surface area contributed by atoms with E-state index in [2.05, 4.69) is 10.1 Å². The number of carbonyl (C=O) groups is 1. The summed E-state index contributed by atoms with van der Waals surface area (Å²) in [5, 5.41) is 4.10. The molecule has 4 rings (SSSR count). The fourth-order valence-corrected chi connectivity index (χ4v) is 3.30. The fourth-order valence-electron chi connectivity index (χ4n) is 3.30. The number of hydrogen-bond donors (Lipinski definition) is 0. The van der Waals surface area contributed by atoms with E-state index < -0.39 is 11.7 Å². The molecule has 0 radical (unpaired) electrons. The lowest BCUT2D eigenvalue weighted by molar-refractivity contribution is -0.138. The van der Waals surface area contributed by atoms with Crippen LogP contribution in [0.15, 0.2) is 53.8 Å². The molecule has 0 saturated heterocycles. The van der Waals surface area contributed by atoms with Crippen LogP contribution in [0.1, 0.15) is 36.1 Å². The average Bonchev–Trinajstić information content (AvgIpc) is 3.46. The maximum Gasteiger partial charge on any atom is 0.416 e. The summed E-state index contributed by atoms with van der Waals surface area (Å²) in [4.78, 5) is 24.2. The Balaban J connectivity index is 1.42. The van der Waals surface area contributed by atoms with E-state index >= 15 is 0 Å². The molecular weight excluding hydrogens is 383 g/mol. The number of hydrogen-bond acceptors (Lipinski definition) is 4. The van der Waals surface area contributed by atoms with Crippen molar-refractivity contribution in [2.75, 3.05) is 6.54 Å². The molecule has 1 unspecified atom stereocenters. The van der Waals surface area contributed by atoms with Crippen LogP contribution in [-0.4, -0.2) is 34.2 Å². The largest absolute Gasteiger partial charge is 0.416 e. The summed E-state index contributed by atoms with van der Waals surface area (Å²) < 4.78 is 38.3. The smallest absolute Gasteiger partial charge is 0.390 e. The molecule has 1 amide bonds. The van der Waals surface area contributed by atoms with Gasteiger partial charge in [0.2, 0.25) is 5.91 Å². The molecule has 0 bridgehead atoms. The molecule has 2 heterocycles. The Kier molecular flexibility index (Phi) is 5.25. The molecule has 0 spiro atoms. The van der Waals surface area contributed by atoms with Crippen LogP contribution in [0.3, 0.4) is 0 Å². The summed E-state index contributed by atoms with van der Waals surface area (Å²) in [6.45, 7) is 0.572. The molecule has 5 nitrogen and oxygen atoms in total. The van der Waals surface area contributed by atoms with Crippen molar-refractivity contribution in [2.45, 2.75) is 38.1 Å². The van der Waals surface area contributed by atoms with Crippen molar-refractivity contribution in [1.29, 1.82) is 0 Å². The van der Waals surface area contributed by atoms with Gasteiger partial charge < -0.3 is 9.74 Å². The lowest BCUT2D eigenvalue weighted by atomic mass is 10.1. The molecule has 29 heavy (non-hydrogen) atoms. The van der Waals surface area contributed by atoms with Crippen molar-refractivity contribution < 1.29 is 22.8 Å². The minimum absolute atomic E-state index is 0.00188. The molecule has 8 heteroatoms. The van der Waals surface area contributed by atoms with E-state index in [0.29, 0.717) is 18.5 Å². The van der Waals surface area contributed by atoms with Gasteiger partial charge in [-0.25, -0.2) is 0 Å². The van der Waals surface area contributed by atoms with Crippen LogP contribution in [0.25, 0.3) is 0 Å². The minimum atomic E-state index is -4.38. The van der Waals surface area contributed by atoms with Gasteiger partial charge in [-0.3, -0.25) is 9.78 Å². The van der Waals surface area contributed by atoms with Crippen LogP contribution in [0, 0.1) is 5.92 Å². The number of carbonyl (C=O) groups excluding carboxylic acids is 1. The van der Waals surface area contributed by atoms with E-state index in [0.717, 1.165) is 36.4 Å². The maximum atomic E-state index is 12.8. The Bertz CT molecular complexity index is 894. The van der Waals surface area contributed by atoms with Gasteiger partial charge in [0.1, 0.15) is 5.71 Å². The molecule has 1 aromatic carbocycles. The number of aromatic nitrogens is 1. The number of pyridine rings is 1. The van der Waals surface area contributed by atoms with Crippen molar-refractivity contribution in [3.8, 4) is 0 Å². The number of alkyl halides is 3. The van der Waals surface area contributed by atoms with Gasteiger partial charge in [0.15, 0.2) is 6.10 Å². The van der Waals surface area contributed by atoms with E-state index in [9.17, 15) is 18.0 Å². The number of oxime groups is 1. The number of rotatable bonds is 6. The third kappa shape index (κ3) is 4.75. The summed E-state index contributed by atoms with van der Waals surface area (Å²) in [6, 6.07) is 10.5. The predicted molar refractivity (Wildman–Crippen MR) is 99.8 cm³/mol. The number of halogens is 3. The summed E-state index contributed by atoms with van der Waals surface area (Å²) in [5.41, 5.74) is 1.41. The second kappa shape index (κ2) is 7.85. The highest BCUT2D eigenvalue weighted by atomic mass is 19.4. The highest BCUT2D eigenvalue weighted by molar-refractivity contribution is 5.99. The monoisotopic (exact) mass is 403 g/mol. The molecule has 1 aromatic heterocycles. The molecule has 1 saturated carbocycles. The Morgan fingerprint density at radius 3 is 2.52 bits per heavy atom. The highest BCUT2D eigenvalue weighted by Gasteiger charge is 2.36. The molecule has 2 aliphatic rings. The minimum Gasteiger partial charge on any atom is -0.390 e. The van der Waals surface area contributed by atoms with E-state index in [-0.39, 0.29) is 24.5 Å². The second-order valence-electron chi connectivity index (χ2n) is 7.37. The SMILES string of the molecule is O=C(C1CC1)N(Cc1ccc(C(F)(F)F)cc1)CC1CC(c2ccccn2)=NO1. The van der Waals surface area contributed by atoms with Crippen LogP contribution < -0.4 is 0 Å². The van der Waals surface area contributed by atoms with Crippen LogP contribution in [0.5, 0.6) is 0 Å². The fraction of sp³-hybridized carbons (Fsp3) is 0.381. The Labute approximate surface area is 166 Å².